The van der Waals surface area contributed by atoms with Crippen molar-refractivity contribution < 1.29 is 0 Å². The summed E-state index contributed by atoms with van der Waals surface area (Å²) >= 11 is 0. The molecular formula is C19H18N4. The van der Waals surface area contributed by atoms with E-state index in [1.165, 1.54) is 28.1 Å². The van der Waals surface area contributed by atoms with E-state index in [2.05, 4.69) is 62.2 Å². The van der Waals surface area contributed by atoms with Crippen LogP contribution in [0.2, 0.25) is 0 Å². The van der Waals surface area contributed by atoms with Gasteiger partial charge in [0, 0.05) is 49.8 Å². The van der Waals surface area contributed by atoms with Crippen molar-refractivity contribution >= 4 is 5.69 Å². The highest BCUT2D eigenvalue weighted by molar-refractivity contribution is 5.92. The highest BCUT2D eigenvalue weighted by Crippen LogP contribution is 2.44. The molecule has 0 amide bonds. The van der Waals surface area contributed by atoms with Gasteiger partial charge in [-0.05, 0) is 29.3 Å². The largest absolute Gasteiger partial charge is 0.369 e. The van der Waals surface area contributed by atoms with Gasteiger partial charge in [0.1, 0.15) is 5.82 Å². The smallest absolute Gasteiger partial charge is 0.147 e. The Morgan fingerprint density at radius 1 is 1.00 bits per heavy atom. The Morgan fingerprint density at radius 3 is 2.78 bits per heavy atom. The molecule has 0 aliphatic carbocycles. The Morgan fingerprint density at radius 2 is 1.87 bits per heavy atom. The second kappa shape index (κ2) is 4.96. The first-order valence-electron chi connectivity index (χ1n) is 8.15. The van der Waals surface area contributed by atoms with Gasteiger partial charge < -0.3 is 10.2 Å². The lowest BCUT2D eigenvalue weighted by Gasteiger charge is -2.30. The average Bonchev–Trinajstić information content (AvgIpc) is 3.03. The van der Waals surface area contributed by atoms with E-state index in [9.17, 15) is 0 Å². The molecule has 114 valence electrons. The van der Waals surface area contributed by atoms with E-state index < -0.39 is 0 Å². The van der Waals surface area contributed by atoms with E-state index in [1.807, 2.05) is 12.4 Å². The molecule has 0 unspecified atom stereocenters. The molecule has 0 saturated carbocycles. The van der Waals surface area contributed by atoms with Gasteiger partial charge in [0.25, 0.3) is 0 Å². The molecular weight excluding hydrogens is 284 g/mol. The van der Waals surface area contributed by atoms with Crippen molar-refractivity contribution in [1.82, 2.24) is 14.9 Å². The normalized spacial score (nSPS) is 15.7. The van der Waals surface area contributed by atoms with Crippen molar-refractivity contribution in [2.75, 3.05) is 31.1 Å². The Balaban J connectivity index is 1.57. The van der Waals surface area contributed by atoms with Crippen LogP contribution in [0.25, 0.3) is 28.2 Å². The van der Waals surface area contributed by atoms with Crippen molar-refractivity contribution in [3.63, 3.8) is 0 Å². The van der Waals surface area contributed by atoms with Gasteiger partial charge in [-0.2, -0.15) is 0 Å². The number of nitrogens with zero attached hydrogens (tertiary/aromatic N) is 3. The minimum atomic E-state index is 1.06. The van der Waals surface area contributed by atoms with Gasteiger partial charge in [0.05, 0.1) is 5.69 Å². The zero-order chi connectivity index (χ0) is 15.2. The first-order chi connectivity index (χ1) is 11.4. The standard InChI is InChI=1S/C19H18N4/c1-3-14(13-15(4-1)22-10-7-20-8-11-22)16-5-2-6-17-18(16)19-21-9-12-23(17)19/h1-6,9,12-13,20H,7-8,10-11H2. The van der Waals surface area contributed by atoms with Crippen LogP contribution in [0, 0.1) is 0 Å². The van der Waals surface area contributed by atoms with Gasteiger partial charge in [-0.15, -0.1) is 0 Å². The van der Waals surface area contributed by atoms with Crippen molar-refractivity contribution in [3.8, 4) is 28.2 Å². The van der Waals surface area contributed by atoms with Crippen LogP contribution in [0.4, 0.5) is 5.69 Å². The van der Waals surface area contributed by atoms with Crippen LogP contribution >= 0.6 is 0 Å². The summed E-state index contributed by atoms with van der Waals surface area (Å²) in [5.74, 6) is 1.07. The SMILES string of the molecule is c1cc(-c2cccc3c2-c2nccn2-3)cc(N2CCNCC2)c1. The predicted molar refractivity (Wildman–Crippen MR) is 93.1 cm³/mol. The molecule has 4 heteroatoms. The van der Waals surface area contributed by atoms with E-state index in [1.54, 1.807) is 0 Å². The van der Waals surface area contributed by atoms with Crippen LogP contribution in [-0.2, 0) is 0 Å². The molecule has 0 spiro atoms. The number of anilines is 1. The van der Waals surface area contributed by atoms with Gasteiger partial charge >= 0.3 is 0 Å². The number of hydrogen-bond acceptors (Lipinski definition) is 3. The lowest BCUT2D eigenvalue weighted by Crippen LogP contribution is -2.43. The number of nitrogens with one attached hydrogen (secondary N) is 1. The molecule has 4 nitrogen and oxygen atoms in total. The number of rotatable bonds is 2. The number of benzene rings is 2. The molecule has 0 radical (unpaired) electrons. The lowest BCUT2D eigenvalue weighted by atomic mass is 9.93. The summed E-state index contributed by atoms with van der Waals surface area (Å²) in [6.07, 6.45) is 3.90. The van der Waals surface area contributed by atoms with Crippen molar-refractivity contribution in [1.29, 1.82) is 0 Å². The summed E-state index contributed by atoms with van der Waals surface area (Å²) in [5, 5.41) is 3.41. The van der Waals surface area contributed by atoms with Crippen LogP contribution in [0.15, 0.2) is 54.9 Å². The predicted octanol–water partition coefficient (Wildman–Crippen LogP) is 2.93. The topological polar surface area (TPSA) is 33.1 Å². The summed E-state index contributed by atoms with van der Waals surface area (Å²) in [4.78, 5) is 6.94. The minimum Gasteiger partial charge on any atom is -0.369 e. The first-order valence-corrected chi connectivity index (χ1v) is 8.15. The highest BCUT2D eigenvalue weighted by atomic mass is 15.2. The molecule has 2 aliphatic heterocycles. The van der Waals surface area contributed by atoms with Gasteiger partial charge in [0.2, 0.25) is 0 Å². The highest BCUT2D eigenvalue weighted by Gasteiger charge is 2.26. The van der Waals surface area contributed by atoms with Crippen LogP contribution in [0.1, 0.15) is 0 Å². The third kappa shape index (κ3) is 1.92. The van der Waals surface area contributed by atoms with Gasteiger partial charge in [0.15, 0.2) is 0 Å². The van der Waals surface area contributed by atoms with Crippen LogP contribution in [0.5, 0.6) is 0 Å². The summed E-state index contributed by atoms with van der Waals surface area (Å²) < 4.78 is 2.15. The van der Waals surface area contributed by atoms with Crippen LogP contribution in [0.3, 0.4) is 0 Å². The van der Waals surface area contributed by atoms with Crippen molar-refractivity contribution in [2.24, 2.45) is 0 Å². The van der Waals surface area contributed by atoms with Crippen LogP contribution in [-0.4, -0.2) is 35.7 Å². The molecule has 1 N–H and O–H groups in total. The molecule has 0 atom stereocenters. The van der Waals surface area contributed by atoms with E-state index >= 15 is 0 Å². The fourth-order valence-electron chi connectivity index (χ4n) is 3.64. The minimum absolute atomic E-state index is 1.06. The van der Waals surface area contributed by atoms with E-state index in [0.29, 0.717) is 0 Å². The molecule has 2 aliphatic rings. The third-order valence-electron chi connectivity index (χ3n) is 4.81. The van der Waals surface area contributed by atoms with E-state index in [0.717, 1.165) is 32.0 Å². The Labute approximate surface area is 135 Å². The molecule has 0 bridgehead atoms. The molecule has 3 aromatic rings. The molecule has 1 aromatic heterocycles. The zero-order valence-corrected chi connectivity index (χ0v) is 12.9. The maximum atomic E-state index is 4.49. The van der Waals surface area contributed by atoms with Crippen molar-refractivity contribution in [2.45, 2.75) is 0 Å². The quantitative estimate of drug-likeness (QED) is 0.618. The molecule has 23 heavy (non-hydrogen) atoms. The second-order valence-electron chi connectivity index (χ2n) is 6.11. The Hall–Kier alpha value is -2.59. The van der Waals surface area contributed by atoms with E-state index in [-0.39, 0.29) is 0 Å². The second-order valence-corrected chi connectivity index (χ2v) is 6.11. The first kappa shape index (κ1) is 12.9. The fourth-order valence-corrected chi connectivity index (χ4v) is 3.64. The molecule has 1 saturated heterocycles. The number of fused-ring (bicyclic) bond motifs is 4. The monoisotopic (exact) mass is 302 g/mol. The summed E-state index contributed by atoms with van der Waals surface area (Å²) in [5.41, 5.74) is 6.38. The number of hydrogen-bond donors (Lipinski definition) is 1. The van der Waals surface area contributed by atoms with Gasteiger partial charge in [-0.1, -0.05) is 24.3 Å². The Kier molecular flexibility index (Phi) is 2.78. The lowest BCUT2D eigenvalue weighted by molar-refractivity contribution is 0.589. The molecule has 5 rings (SSSR count). The number of piperazine rings is 1. The van der Waals surface area contributed by atoms with Gasteiger partial charge in [-0.25, -0.2) is 4.98 Å². The van der Waals surface area contributed by atoms with Crippen LogP contribution < -0.4 is 10.2 Å². The van der Waals surface area contributed by atoms with Gasteiger partial charge in [-0.3, -0.25) is 4.57 Å². The summed E-state index contributed by atoms with van der Waals surface area (Å²) in [6.45, 7) is 4.26. The molecule has 3 heterocycles. The molecule has 1 fully saturated rings. The summed E-state index contributed by atoms with van der Waals surface area (Å²) in [6, 6.07) is 15.4. The van der Waals surface area contributed by atoms with Crippen molar-refractivity contribution in [3.05, 3.63) is 54.9 Å². The fraction of sp³-hybridized carbons (Fsp3) is 0.211. The zero-order valence-electron chi connectivity index (χ0n) is 12.9. The maximum absolute atomic E-state index is 4.49. The number of imidazole rings is 1. The third-order valence-corrected chi connectivity index (χ3v) is 4.81. The average molecular weight is 302 g/mol. The summed E-state index contributed by atoms with van der Waals surface area (Å²) in [7, 11) is 0. The Bertz CT molecular complexity index is 875. The van der Waals surface area contributed by atoms with E-state index in [4.69, 9.17) is 0 Å². The number of aromatic nitrogens is 2. The maximum Gasteiger partial charge on any atom is 0.147 e. The molecule has 2 aromatic carbocycles.